The van der Waals surface area contributed by atoms with Gasteiger partial charge in [-0.05, 0) is 54.8 Å². The number of halogens is 2. The summed E-state index contributed by atoms with van der Waals surface area (Å²) in [4.78, 5) is 42.4. The summed E-state index contributed by atoms with van der Waals surface area (Å²) in [7, 11) is 0. The van der Waals surface area contributed by atoms with Crippen molar-refractivity contribution >= 4 is 40.7 Å². The van der Waals surface area contributed by atoms with Crippen molar-refractivity contribution in [1.82, 2.24) is 5.32 Å². The molecule has 0 unspecified atom stereocenters. The third kappa shape index (κ3) is 3.01. The van der Waals surface area contributed by atoms with E-state index in [9.17, 15) is 18.8 Å². The van der Waals surface area contributed by atoms with Crippen LogP contribution in [0.4, 0.5) is 15.8 Å². The van der Waals surface area contributed by atoms with Gasteiger partial charge in [-0.2, -0.15) is 0 Å². The maximum Gasteiger partial charge on any atom is 0.250 e. The molecule has 3 amide bonds. The van der Waals surface area contributed by atoms with Gasteiger partial charge in [-0.3, -0.25) is 19.7 Å². The van der Waals surface area contributed by atoms with E-state index < -0.39 is 41.0 Å². The topological polar surface area (TPSA) is 78.5 Å². The standard InChI is InChI=1S/C27H21ClFN3O3/c1-14-19(28)12-11-18-23(14)30-26(35)27(18)22-21(20(31-27)13-15-5-3-2-4-6-15)24(33)32(25(22)34)17-9-7-16(29)8-10-17/h2-12,20-22,31H,13H2,1H3,(H,30,35)/t20-,21+,22-,27-/m0/s1. The SMILES string of the molecule is Cc1c(Cl)ccc2c1NC(=O)[C@]21N[C@@H](Cc2ccccc2)[C@H]2C(=O)N(c3ccc(F)cc3)C(=O)[C@H]21. The van der Waals surface area contributed by atoms with Crippen LogP contribution in [0.15, 0.2) is 66.7 Å². The van der Waals surface area contributed by atoms with Crippen LogP contribution in [-0.2, 0) is 26.3 Å². The molecule has 8 heteroatoms. The lowest BCUT2D eigenvalue weighted by Gasteiger charge is -2.29. The number of fused-ring (bicyclic) bond motifs is 4. The van der Waals surface area contributed by atoms with Crippen LogP contribution in [0, 0.1) is 24.6 Å². The highest BCUT2D eigenvalue weighted by Crippen LogP contribution is 2.55. The Morgan fingerprint density at radius 1 is 0.971 bits per heavy atom. The highest BCUT2D eigenvalue weighted by molar-refractivity contribution is 6.32. The predicted octanol–water partition coefficient (Wildman–Crippen LogP) is 3.96. The number of carbonyl (C=O) groups excluding carboxylic acids is 3. The van der Waals surface area contributed by atoms with Crippen molar-refractivity contribution in [1.29, 1.82) is 0 Å². The highest BCUT2D eigenvalue weighted by atomic mass is 35.5. The van der Waals surface area contributed by atoms with Gasteiger partial charge in [0, 0.05) is 16.6 Å². The Kier molecular flexibility index (Phi) is 4.85. The van der Waals surface area contributed by atoms with Gasteiger partial charge in [0.15, 0.2) is 0 Å². The molecule has 2 N–H and O–H groups in total. The molecule has 3 aliphatic heterocycles. The van der Waals surface area contributed by atoms with Gasteiger partial charge in [-0.1, -0.05) is 48.0 Å². The molecular weight excluding hydrogens is 469 g/mol. The normalized spacial score (nSPS) is 26.9. The number of anilines is 2. The summed E-state index contributed by atoms with van der Waals surface area (Å²) in [5.74, 6) is -3.47. The summed E-state index contributed by atoms with van der Waals surface area (Å²) < 4.78 is 13.6. The summed E-state index contributed by atoms with van der Waals surface area (Å²) in [5.41, 5.74) is 1.72. The van der Waals surface area contributed by atoms with Crippen LogP contribution in [0.1, 0.15) is 16.7 Å². The molecule has 6 nitrogen and oxygen atoms in total. The molecule has 0 bridgehead atoms. The van der Waals surface area contributed by atoms with E-state index in [0.29, 0.717) is 28.3 Å². The maximum absolute atomic E-state index is 13.9. The van der Waals surface area contributed by atoms with Crippen molar-refractivity contribution < 1.29 is 18.8 Å². The van der Waals surface area contributed by atoms with E-state index in [1.807, 2.05) is 30.3 Å². The molecule has 176 valence electrons. The number of hydrogen-bond donors (Lipinski definition) is 2. The molecule has 6 rings (SSSR count). The quantitative estimate of drug-likeness (QED) is 0.546. The first-order valence-electron chi connectivity index (χ1n) is 11.4. The fraction of sp³-hybridized carbons (Fsp3) is 0.222. The molecule has 35 heavy (non-hydrogen) atoms. The Labute approximate surface area is 206 Å². The minimum absolute atomic E-state index is 0.287. The third-order valence-electron chi connectivity index (χ3n) is 7.47. The number of rotatable bonds is 3. The van der Waals surface area contributed by atoms with Crippen LogP contribution in [0.5, 0.6) is 0 Å². The first-order chi connectivity index (χ1) is 16.8. The van der Waals surface area contributed by atoms with E-state index in [1.54, 1.807) is 19.1 Å². The Hall–Kier alpha value is -3.55. The molecule has 3 aliphatic rings. The number of benzene rings is 3. The number of hydrogen-bond acceptors (Lipinski definition) is 4. The van der Waals surface area contributed by atoms with Crippen LogP contribution in [0.3, 0.4) is 0 Å². The van der Waals surface area contributed by atoms with Crippen molar-refractivity contribution in [2.24, 2.45) is 11.8 Å². The van der Waals surface area contributed by atoms with Crippen LogP contribution < -0.4 is 15.5 Å². The van der Waals surface area contributed by atoms with Crippen molar-refractivity contribution in [3.8, 4) is 0 Å². The maximum atomic E-state index is 13.9. The second-order valence-electron chi connectivity index (χ2n) is 9.29. The third-order valence-corrected chi connectivity index (χ3v) is 7.88. The second-order valence-corrected chi connectivity index (χ2v) is 9.70. The molecule has 1 spiro atoms. The van der Waals surface area contributed by atoms with Gasteiger partial charge in [-0.25, -0.2) is 9.29 Å². The highest BCUT2D eigenvalue weighted by Gasteiger charge is 2.70. The van der Waals surface area contributed by atoms with E-state index in [0.717, 1.165) is 10.5 Å². The van der Waals surface area contributed by atoms with Crippen molar-refractivity contribution in [2.75, 3.05) is 10.2 Å². The number of carbonyl (C=O) groups is 3. The molecule has 0 aromatic heterocycles. The largest absolute Gasteiger partial charge is 0.324 e. The Bertz CT molecular complexity index is 1390. The lowest BCUT2D eigenvalue weighted by Crippen LogP contribution is -2.53. The molecular formula is C27H21ClFN3O3. The second kappa shape index (κ2) is 7.73. The van der Waals surface area contributed by atoms with Gasteiger partial charge in [0.05, 0.1) is 23.2 Å². The zero-order valence-corrected chi connectivity index (χ0v) is 19.5. The molecule has 4 atom stereocenters. The molecule has 2 saturated heterocycles. The summed E-state index contributed by atoms with van der Waals surface area (Å²) in [6.45, 7) is 1.81. The number of amides is 3. The van der Waals surface area contributed by atoms with E-state index in [-0.39, 0.29) is 11.6 Å². The van der Waals surface area contributed by atoms with Crippen LogP contribution in [0.2, 0.25) is 5.02 Å². The summed E-state index contributed by atoms with van der Waals surface area (Å²) in [5, 5.41) is 6.84. The smallest absolute Gasteiger partial charge is 0.250 e. The van der Waals surface area contributed by atoms with E-state index in [4.69, 9.17) is 11.6 Å². The molecule has 2 fully saturated rings. The van der Waals surface area contributed by atoms with Crippen LogP contribution in [-0.4, -0.2) is 23.8 Å². The summed E-state index contributed by atoms with van der Waals surface area (Å²) >= 11 is 6.32. The first kappa shape index (κ1) is 21.9. The van der Waals surface area contributed by atoms with Crippen LogP contribution >= 0.6 is 11.6 Å². The van der Waals surface area contributed by atoms with Crippen molar-refractivity contribution in [2.45, 2.75) is 24.9 Å². The minimum atomic E-state index is -1.42. The zero-order chi connectivity index (χ0) is 24.5. The zero-order valence-electron chi connectivity index (χ0n) is 18.7. The van der Waals surface area contributed by atoms with Gasteiger partial charge in [0.1, 0.15) is 11.4 Å². The molecule has 0 aliphatic carbocycles. The number of nitrogens with one attached hydrogen (secondary N) is 2. The van der Waals surface area contributed by atoms with Crippen molar-refractivity contribution in [3.05, 3.63) is 94.3 Å². The molecule has 0 radical (unpaired) electrons. The molecule has 0 saturated carbocycles. The summed E-state index contributed by atoms with van der Waals surface area (Å²) in [6, 6.07) is 17.8. The van der Waals surface area contributed by atoms with Crippen molar-refractivity contribution in [3.63, 3.8) is 0 Å². The average Bonchev–Trinajstić information content (AvgIpc) is 3.43. The Morgan fingerprint density at radius 2 is 1.69 bits per heavy atom. The molecule has 3 aromatic carbocycles. The van der Waals surface area contributed by atoms with Gasteiger partial charge >= 0.3 is 0 Å². The average molecular weight is 490 g/mol. The molecule has 3 aromatic rings. The number of nitrogens with zero attached hydrogens (tertiary/aromatic N) is 1. The lowest BCUT2D eigenvalue weighted by atomic mass is 9.76. The monoisotopic (exact) mass is 489 g/mol. The van der Waals surface area contributed by atoms with E-state index >= 15 is 0 Å². The van der Waals surface area contributed by atoms with Gasteiger partial charge in [-0.15, -0.1) is 0 Å². The lowest BCUT2D eigenvalue weighted by molar-refractivity contribution is -0.130. The van der Waals surface area contributed by atoms with E-state index in [1.165, 1.54) is 24.3 Å². The Balaban J connectivity index is 1.51. The van der Waals surface area contributed by atoms with Gasteiger partial charge in [0.2, 0.25) is 17.7 Å². The van der Waals surface area contributed by atoms with E-state index in [2.05, 4.69) is 10.6 Å². The predicted molar refractivity (Wildman–Crippen MR) is 129 cm³/mol. The van der Waals surface area contributed by atoms with Crippen LogP contribution in [0.25, 0.3) is 0 Å². The number of imide groups is 1. The summed E-state index contributed by atoms with van der Waals surface area (Å²) in [6.07, 6.45) is 0.454. The Morgan fingerprint density at radius 3 is 2.40 bits per heavy atom. The van der Waals surface area contributed by atoms with Gasteiger partial charge < -0.3 is 5.32 Å². The fourth-order valence-electron chi connectivity index (χ4n) is 5.88. The molecule has 3 heterocycles. The first-order valence-corrected chi connectivity index (χ1v) is 11.8. The van der Waals surface area contributed by atoms with Gasteiger partial charge in [0.25, 0.3) is 0 Å². The minimum Gasteiger partial charge on any atom is -0.324 e. The fourth-order valence-corrected chi connectivity index (χ4v) is 6.03.